The molecule has 102 valence electrons. The number of unbranched alkanes of at least 4 members (excludes halogenated alkanes) is 1. The Labute approximate surface area is 110 Å². The Morgan fingerprint density at radius 2 is 2.29 bits per heavy atom. The van der Waals surface area contributed by atoms with Crippen LogP contribution in [0.1, 0.15) is 39.5 Å². The van der Waals surface area contributed by atoms with Crippen molar-refractivity contribution >= 4 is 18.3 Å². The smallest absolute Gasteiger partial charge is 0.251 e. The minimum atomic E-state index is -0.321. The quantitative estimate of drug-likeness (QED) is 0.741. The van der Waals surface area contributed by atoms with Crippen molar-refractivity contribution in [3.05, 3.63) is 0 Å². The van der Waals surface area contributed by atoms with Gasteiger partial charge in [-0.2, -0.15) is 0 Å². The second kappa shape index (κ2) is 8.72. The summed E-state index contributed by atoms with van der Waals surface area (Å²) in [6, 6.07) is 0.227. The van der Waals surface area contributed by atoms with Crippen LogP contribution in [0.4, 0.5) is 0 Å². The maximum absolute atomic E-state index is 12.1. The molecule has 0 aromatic rings. The summed E-state index contributed by atoms with van der Waals surface area (Å²) >= 11 is 0. The first-order chi connectivity index (χ1) is 7.70. The summed E-state index contributed by atoms with van der Waals surface area (Å²) in [6.07, 6.45) is 3.88. The van der Waals surface area contributed by atoms with Crippen LogP contribution in [0.2, 0.25) is 0 Å². The molecule has 5 heteroatoms. The van der Waals surface area contributed by atoms with Crippen LogP contribution in [0.5, 0.6) is 0 Å². The van der Waals surface area contributed by atoms with Gasteiger partial charge in [0.1, 0.15) is 6.10 Å². The summed E-state index contributed by atoms with van der Waals surface area (Å²) in [5, 5.41) is 0. The largest absolute Gasteiger partial charge is 0.369 e. The third-order valence-corrected chi connectivity index (χ3v) is 3.15. The molecule has 1 aliphatic heterocycles. The fraction of sp³-hybridized carbons (Fsp3) is 0.917. The first kappa shape index (κ1) is 16.7. The van der Waals surface area contributed by atoms with Gasteiger partial charge in [0, 0.05) is 25.7 Å². The van der Waals surface area contributed by atoms with E-state index < -0.39 is 0 Å². The molecule has 0 aromatic carbocycles. The molecule has 2 N–H and O–H groups in total. The van der Waals surface area contributed by atoms with Crippen molar-refractivity contribution in [3.8, 4) is 0 Å². The molecule has 1 heterocycles. The van der Waals surface area contributed by atoms with Crippen LogP contribution in [-0.4, -0.2) is 42.6 Å². The summed E-state index contributed by atoms with van der Waals surface area (Å²) in [5.41, 5.74) is 5.65. The molecule has 0 aliphatic carbocycles. The van der Waals surface area contributed by atoms with Crippen molar-refractivity contribution in [2.45, 2.75) is 51.7 Å². The minimum absolute atomic E-state index is 0. The highest BCUT2D eigenvalue weighted by Crippen LogP contribution is 2.17. The Balaban J connectivity index is 0.00000256. The van der Waals surface area contributed by atoms with Gasteiger partial charge in [0.25, 0.3) is 5.91 Å². The van der Waals surface area contributed by atoms with Gasteiger partial charge in [-0.3, -0.25) is 4.79 Å². The first-order valence-electron chi connectivity index (χ1n) is 6.32. The van der Waals surface area contributed by atoms with E-state index in [-0.39, 0.29) is 30.5 Å². The van der Waals surface area contributed by atoms with Gasteiger partial charge in [0.2, 0.25) is 0 Å². The van der Waals surface area contributed by atoms with E-state index in [1.54, 1.807) is 0 Å². The first-order valence-corrected chi connectivity index (χ1v) is 6.32. The third kappa shape index (κ3) is 4.82. The van der Waals surface area contributed by atoms with Crippen molar-refractivity contribution < 1.29 is 9.53 Å². The molecule has 4 nitrogen and oxygen atoms in total. The molecule has 0 saturated carbocycles. The van der Waals surface area contributed by atoms with E-state index in [4.69, 9.17) is 10.5 Å². The average molecular weight is 265 g/mol. The number of rotatable bonds is 6. The second-order valence-electron chi connectivity index (χ2n) is 4.43. The van der Waals surface area contributed by atoms with Crippen LogP contribution < -0.4 is 5.73 Å². The number of hydrogen-bond donors (Lipinski definition) is 1. The Morgan fingerprint density at radius 1 is 1.59 bits per heavy atom. The number of ether oxygens (including phenoxy) is 1. The van der Waals surface area contributed by atoms with Crippen LogP contribution in [0, 0.1) is 0 Å². The molecule has 0 bridgehead atoms. The van der Waals surface area contributed by atoms with Gasteiger partial charge in [-0.15, -0.1) is 12.4 Å². The Bertz CT molecular complexity index is 227. The monoisotopic (exact) mass is 264 g/mol. The van der Waals surface area contributed by atoms with Gasteiger partial charge in [-0.1, -0.05) is 13.3 Å². The number of nitrogens with two attached hydrogens (primary N) is 1. The number of hydrogen-bond acceptors (Lipinski definition) is 3. The van der Waals surface area contributed by atoms with Crippen LogP contribution in [0.15, 0.2) is 0 Å². The standard InChI is InChI=1S/C12H24N2O2.ClH/c1-3-4-8-16-10(2)12(15)14-7-5-6-11(14)9-13;/h10-11H,3-9,13H2,1-2H3;1H. The van der Waals surface area contributed by atoms with Gasteiger partial charge >= 0.3 is 0 Å². The van der Waals surface area contributed by atoms with Crippen LogP contribution in [-0.2, 0) is 9.53 Å². The zero-order valence-corrected chi connectivity index (χ0v) is 11.7. The molecule has 0 aromatic heterocycles. The van der Waals surface area contributed by atoms with Crippen molar-refractivity contribution in [2.24, 2.45) is 5.73 Å². The molecule has 0 spiro atoms. The van der Waals surface area contributed by atoms with Gasteiger partial charge in [0.15, 0.2) is 0 Å². The molecule has 1 saturated heterocycles. The van der Waals surface area contributed by atoms with Gasteiger partial charge in [-0.05, 0) is 26.2 Å². The molecule has 1 fully saturated rings. The van der Waals surface area contributed by atoms with Crippen LogP contribution in [0.25, 0.3) is 0 Å². The number of amides is 1. The maximum atomic E-state index is 12.1. The molecule has 1 rings (SSSR count). The van der Waals surface area contributed by atoms with Crippen LogP contribution >= 0.6 is 12.4 Å². The van der Waals surface area contributed by atoms with Gasteiger partial charge in [0.05, 0.1) is 0 Å². The van der Waals surface area contributed by atoms with E-state index >= 15 is 0 Å². The van der Waals surface area contributed by atoms with Crippen molar-refractivity contribution in [1.29, 1.82) is 0 Å². The highest BCUT2D eigenvalue weighted by atomic mass is 35.5. The molecule has 2 atom stereocenters. The Hall–Kier alpha value is -0.320. The summed E-state index contributed by atoms with van der Waals surface area (Å²) in [6.45, 7) is 6.02. The van der Waals surface area contributed by atoms with Crippen molar-refractivity contribution in [3.63, 3.8) is 0 Å². The Kier molecular flexibility index (Phi) is 8.56. The zero-order valence-electron chi connectivity index (χ0n) is 10.9. The lowest BCUT2D eigenvalue weighted by Gasteiger charge is -2.26. The van der Waals surface area contributed by atoms with Crippen molar-refractivity contribution in [1.82, 2.24) is 4.90 Å². The van der Waals surface area contributed by atoms with E-state index in [9.17, 15) is 4.79 Å². The second-order valence-corrected chi connectivity index (χ2v) is 4.43. The summed E-state index contributed by atoms with van der Waals surface area (Å²) in [5.74, 6) is 0.101. The van der Waals surface area contributed by atoms with Gasteiger partial charge in [-0.25, -0.2) is 0 Å². The number of nitrogens with zero attached hydrogens (tertiary/aromatic N) is 1. The fourth-order valence-corrected chi connectivity index (χ4v) is 2.08. The highest BCUT2D eigenvalue weighted by molar-refractivity contribution is 5.85. The van der Waals surface area contributed by atoms with E-state index in [0.29, 0.717) is 13.2 Å². The van der Waals surface area contributed by atoms with Crippen molar-refractivity contribution in [2.75, 3.05) is 19.7 Å². The normalized spacial score (nSPS) is 21.1. The molecule has 1 aliphatic rings. The zero-order chi connectivity index (χ0) is 12.0. The fourth-order valence-electron chi connectivity index (χ4n) is 2.08. The third-order valence-electron chi connectivity index (χ3n) is 3.15. The van der Waals surface area contributed by atoms with E-state index in [1.807, 2.05) is 11.8 Å². The predicted octanol–water partition coefficient (Wildman–Crippen LogP) is 1.56. The molecule has 1 amide bonds. The predicted molar refractivity (Wildman–Crippen MR) is 71.4 cm³/mol. The molecule has 2 unspecified atom stereocenters. The topological polar surface area (TPSA) is 55.6 Å². The lowest BCUT2D eigenvalue weighted by atomic mass is 10.2. The molecular weight excluding hydrogens is 240 g/mol. The van der Waals surface area contributed by atoms with E-state index in [1.165, 1.54) is 0 Å². The number of likely N-dealkylation sites (tertiary alicyclic amines) is 1. The highest BCUT2D eigenvalue weighted by Gasteiger charge is 2.30. The maximum Gasteiger partial charge on any atom is 0.251 e. The minimum Gasteiger partial charge on any atom is -0.369 e. The molecular formula is C12H25ClN2O2. The lowest BCUT2D eigenvalue weighted by Crippen LogP contribution is -2.45. The summed E-state index contributed by atoms with van der Waals surface area (Å²) in [7, 11) is 0. The van der Waals surface area contributed by atoms with Gasteiger partial charge < -0.3 is 15.4 Å². The number of halogens is 1. The Morgan fingerprint density at radius 3 is 2.88 bits per heavy atom. The SMILES string of the molecule is CCCCOC(C)C(=O)N1CCCC1CN.Cl. The number of carbonyl (C=O) groups excluding carboxylic acids is 1. The number of carbonyl (C=O) groups is 1. The van der Waals surface area contributed by atoms with E-state index in [0.717, 1.165) is 32.2 Å². The summed E-state index contributed by atoms with van der Waals surface area (Å²) in [4.78, 5) is 13.9. The average Bonchev–Trinajstić information content (AvgIpc) is 2.76. The molecule has 0 radical (unpaired) electrons. The van der Waals surface area contributed by atoms with E-state index in [2.05, 4.69) is 6.92 Å². The summed E-state index contributed by atoms with van der Waals surface area (Å²) < 4.78 is 5.52. The lowest BCUT2D eigenvalue weighted by molar-refractivity contribution is -0.143. The van der Waals surface area contributed by atoms with Crippen LogP contribution in [0.3, 0.4) is 0 Å². The molecule has 17 heavy (non-hydrogen) atoms.